The summed E-state index contributed by atoms with van der Waals surface area (Å²) >= 11 is 0. The number of aromatic nitrogens is 1. The van der Waals surface area contributed by atoms with Gasteiger partial charge in [0.15, 0.2) is 0 Å². The highest BCUT2D eigenvalue weighted by Crippen LogP contribution is 2.09. The Balaban J connectivity index is 2.81. The molecular formula is C7H10N2O. The average Bonchev–Trinajstić information content (AvgIpc) is 1.94. The molecule has 3 nitrogen and oxygen atoms in total. The summed E-state index contributed by atoms with van der Waals surface area (Å²) in [7, 11) is 1.58. The first-order valence-electron chi connectivity index (χ1n) is 3.04. The van der Waals surface area contributed by atoms with E-state index >= 15 is 0 Å². The van der Waals surface area contributed by atoms with Gasteiger partial charge in [0, 0.05) is 6.20 Å². The molecule has 1 aromatic rings. The maximum Gasteiger partial charge on any atom is 0.0816 e. The zero-order valence-corrected chi connectivity index (χ0v) is 6.09. The number of nitrogens with one attached hydrogen (secondary N) is 1. The van der Waals surface area contributed by atoms with Crippen LogP contribution in [0.25, 0.3) is 0 Å². The van der Waals surface area contributed by atoms with Crippen LogP contribution in [0.2, 0.25) is 0 Å². The molecule has 0 aliphatic heterocycles. The molecule has 1 heterocycles. The van der Waals surface area contributed by atoms with E-state index in [1.807, 2.05) is 13.0 Å². The van der Waals surface area contributed by atoms with Crippen LogP contribution in [-0.4, -0.2) is 12.1 Å². The molecule has 0 spiro atoms. The molecule has 0 aromatic carbocycles. The smallest absolute Gasteiger partial charge is 0.0816 e. The normalized spacial score (nSPS) is 9.40. The predicted molar refractivity (Wildman–Crippen MR) is 39.6 cm³/mol. The summed E-state index contributed by atoms with van der Waals surface area (Å²) in [5.41, 5.74) is 4.74. The van der Waals surface area contributed by atoms with E-state index in [0.717, 1.165) is 11.3 Å². The Hall–Kier alpha value is -1.09. The van der Waals surface area contributed by atoms with Crippen LogP contribution in [-0.2, 0) is 4.84 Å². The SMILES string of the molecule is CONc1cnccc1C. The predicted octanol–water partition coefficient (Wildman–Crippen LogP) is 1.36. The third-order valence-electron chi connectivity index (χ3n) is 1.25. The Kier molecular flexibility index (Phi) is 2.23. The molecule has 0 saturated heterocycles. The fourth-order valence-electron chi connectivity index (χ4n) is 0.681. The second-order valence-corrected chi connectivity index (χ2v) is 2.00. The molecule has 1 aromatic heterocycles. The molecule has 0 atom stereocenters. The Morgan fingerprint density at radius 1 is 1.60 bits per heavy atom. The van der Waals surface area contributed by atoms with Crippen LogP contribution < -0.4 is 5.48 Å². The highest BCUT2D eigenvalue weighted by atomic mass is 16.6. The molecule has 0 bridgehead atoms. The van der Waals surface area contributed by atoms with Crippen molar-refractivity contribution in [1.29, 1.82) is 0 Å². The minimum absolute atomic E-state index is 0.907. The van der Waals surface area contributed by atoms with Gasteiger partial charge < -0.3 is 0 Å². The van der Waals surface area contributed by atoms with Crippen molar-refractivity contribution in [3.05, 3.63) is 24.0 Å². The van der Waals surface area contributed by atoms with Gasteiger partial charge in [-0.2, -0.15) is 0 Å². The molecule has 1 rings (SSSR count). The number of hydrogen-bond acceptors (Lipinski definition) is 3. The molecular weight excluding hydrogens is 128 g/mol. The van der Waals surface area contributed by atoms with Crippen molar-refractivity contribution in [2.75, 3.05) is 12.6 Å². The van der Waals surface area contributed by atoms with Gasteiger partial charge in [-0.1, -0.05) is 0 Å². The maximum atomic E-state index is 4.72. The van der Waals surface area contributed by atoms with Gasteiger partial charge in [-0.3, -0.25) is 15.3 Å². The van der Waals surface area contributed by atoms with Crippen LogP contribution in [0.15, 0.2) is 18.5 Å². The van der Waals surface area contributed by atoms with E-state index in [2.05, 4.69) is 10.5 Å². The lowest BCUT2D eigenvalue weighted by atomic mass is 10.3. The van der Waals surface area contributed by atoms with Gasteiger partial charge >= 0.3 is 0 Å². The summed E-state index contributed by atoms with van der Waals surface area (Å²) in [5, 5.41) is 0. The first-order valence-corrected chi connectivity index (χ1v) is 3.04. The molecule has 0 amide bonds. The lowest BCUT2D eigenvalue weighted by Gasteiger charge is -2.03. The summed E-state index contributed by atoms with van der Waals surface area (Å²) in [5.74, 6) is 0. The van der Waals surface area contributed by atoms with E-state index in [1.165, 1.54) is 0 Å². The molecule has 0 saturated carbocycles. The number of hydrogen-bond donors (Lipinski definition) is 1. The third kappa shape index (κ3) is 1.45. The van der Waals surface area contributed by atoms with Crippen molar-refractivity contribution < 1.29 is 4.84 Å². The lowest BCUT2D eigenvalue weighted by molar-refractivity contribution is 0.270. The highest BCUT2D eigenvalue weighted by molar-refractivity contribution is 5.45. The van der Waals surface area contributed by atoms with E-state index in [9.17, 15) is 0 Å². The topological polar surface area (TPSA) is 34.1 Å². The summed E-state index contributed by atoms with van der Waals surface area (Å²) < 4.78 is 0. The van der Waals surface area contributed by atoms with Gasteiger partial charge in [0.1, 0.15) is 0 Å². The molecule has 0 aliphatic rings. The maximum absolute atomic E-state index is 4.72. The molecule has 0 aliphatic carbocycles. The summed E-state index contributed by atoms with van der Waals surface area (Å²) in [6, 6.07) is 1.92. The van der Waals surface area contributed by atoms with Gasteiger partial charge in [0.2, 0.25) is 0 Å². The number of anilines is 1. The van der Waals surface area contributed by atoms with E-state index in [1.54, 1.807) is 19.5 Å². The van der Waals surface area contributed by atoms with Crippen molar-refractivity contribution in [2.45, 2.75) is 6.92 Å². The Morgan fingerprint density at radius 2 is 2.40 bits per heavy atom. The number of pyridine rings is 1. The second kappa shape index (κ2) is 3.17. The standard InChI is InChI=1S/C7H10N2O/c1-6-3-4-8-5-7(6)9-10-2/h3-5,9H,1-2H3. The van der Waals surface area contributed by atoms with Crippen molar-refractivity contribution >= 4 is 5.69 Å². The van der Waals surface area contributed by atoms with Gasteiger partial charge in [0.25, 0.3) is 0 Å². The molecule has 3 heteroatoms. The summed E-state index contributed by atoms with van der Waals surface area (Å²) in [6.07, 6.45) is 3.47. The number of rotatable bonds is 2. The van der Waals surface area contributed by atoms with E-state index in [4.69, 9.17) is 4.84 Å². The Bertz CT molecular complexity index is 213. The average molecular weight is 138 g/mol. The first kappa shape index (κ1) is 7.02. The molecule has 54 valence electrons. The summed E-state index contributed by atoms with van der Waals surface area (Å²) in [4.78, 5) is 8.64. The van der Waals surface area contributed by atoms with Gasteiger partial charge in [-0.15, -0.1) is 0 Å². The van der Waals surface area contributed by atoms with Crippen LogP contribution in [0.4, 0.5) is 5.69 Å². The van der Waals surface area contributed by atoms with Gasteiger partial charge in [-0.05, 0) is 18.6 Å². The van der Waals surface area contributed by atoms with Crippen molar-refractivity contribution in [1.82, 2.24) is 4.98 Å². The first-order chi connectivity index (χ1) is 4.84. The van der Waals surface area contributed by atoms with Crippen LogP contribution in [0.3, 0.4) is 0 Å². The minimum Gasteiger partial charge on any atom is -0.279 e. The van der Waals surface area contributed by atoms with Crippen LogP contribution in [0.5, 0.6) is 0 Å². The Labute approximate surface area is 60.0 Å². The van der Waals surface area contributed by atoms with Gasteiger partial charge in [0.05, 0.1) is 19.0 Å². The summed E-state index contributed by atoms with van der Waals surface area (Å²) in [6.45, 7) is 1.99. The molecule has 0 fully saturated rings. The number of nitrogens with zero attached hydrogens (tertiary/aromatic N) is 1. The fraction of sp³-hybridized carbons (Fsp3) is 0.286. The minimum atomic E-state index is 0.907. The second-order valence-electron chi connectivity index (χ2n) is 2.00. The van der Waals surface area contributed by atoms with Crippen molar-refractivity contribution in [3.63, 3.8) is 0 Å². The van der Waals surface area contributed by atoms with E-state index < -0.39 is 0 Å². The van der Waals surface area contributed by atoms with Crippen molar-refractivity contribution in [2.24, 2.45) is 0 Å². The lowest BCUT2D eigenvalue weighted by Crippen LogP contribution is -1.97. The quantitative estimate of drug-likeness (QED) is 0.626. The molecule has 0 radical (unpaired) electrons. The van der Waals surface area contributed by atoms with E-state index in [-0.39, 0.29) is 0 Å². The zero-order chi connectivity index (χ0) is 7.40. The molecule has 1 N–H and O–H groups in total. The van der Waals surface area contributed by atoms with Crippen LogP contribution >= 0.6 is 0 Å². The largest absolute Gasteiger partial charge is 0.279 e. The van der Waals surface area contributed by atoms with E-state index in [0.29, 0.717) is 0 Å². The van der Waals surface area contributed by atoms with Crippen molar-refractivity contribution in [3.8, 4) is 0 Å². The van der Waals surface area contributed by atoms with Crippen LogP contribution in [0, 0.1) is 6.92 Å². The molecule has 10 heavy (non-hydrogen) atoms. The molecule has 0 unspecified atom stereocenters. The van der Waals surface area contributed by atoms with Crippen LogP contribution in [0.1, 0.15) is 5.56 Å². The fourth-order valence-corrected chi connectivity index (χ4v) is 0.681. The highest BCUT2D eigenvalue weighted by Gasteiger charge is 1.92. The number of aryl methyl sites for hydroxylation is 1. The Morgan fingerprint density at radius 3 is 3.00 bits per heavy atom. The van der Waals surface area contributed by atoms with Gasteiger partial charge in [-0.25, -0.2) is 0 Å². The monoisotopic (exact) mass is 138 g/mol. The third-order valence-corrected chi connectivity index (χ3v) is 1.25. The zero-order valence-electron chi connectivity index (χ0n) is 6.09.